The summed E-state index contributed by atoms with van der Waals surface area (Å²) in [4.78, 5) is 39.5. The van der Waals surface area contributed by atoms with Crippen LogP contribution in [0.25, 0.3) is 0 Å². The van der Waals surface area contributed by atoms with E-state index in [-0.39, 0.29) is 18.4 Å². The standard InChI is InChI=1S/C21H19F3N4O4/c1-11-4-2-3-5-26-10-28(11)27-9-14(18(29)19(30)17(27)21(26)32)20(31)25-8-13-15(23)6-12(22)7-16(13)24/h2-3,6-7,9,11,30H,4-5,8,10H2,1H3,(H,25,31)/t11-/m1/s1. The van der Waals surface area contributed by atoms with Crippen LogP contribution in [0.15, 0.2) is 35.3 Å². The number of carbonyl (C=O) groups is 2. The lowest BCUT2D eigenvalue weighted by molar-refractivity contribution is 0.0694. The summed E-state index contributed by atoms with van der Waals surface area (Å²) >= 11 is 0. The number of amides is 2. The van der Waals surface area contributed by atoms with E-state index in [1.807, 2.05) is 19.1 Å². The van der Waals surface area contributed by atoms with Gasteiger partial charge in [0.1, 0.15) is 29.7 Å². The van der Waals surface area contributed by atoms with Crippen molar-refractivity contribution >= 4 is 11.8 Å². The largest absolute Gasteiger partial charge is 0.502 e. The smallest absolute Gasteiger partial charge is 0.278 e. The quantitative estimate of drug-likeness (QED) is 0.696. The average molecular weight is 448 g/mol. The first-order valence-electron chi connectivity index (χ1n) is 9.80. The number of pyridine rings is 1. The molecule has 2 aliphatic rings. The molecule has 1 aromatic heterocycles. The predicted octanol–water partition coefficient (Wildman–Crippen LogP) is 1.60. The maximum Gasteiger partial charge on any atom is 0.278 e. The molecule has 2 N–H and O–H groups in total. The number of nitrogens with one attached hydrogen (secondary N) is 1. The van der Waals surface area contributed by atoms with E-state index in [0.717, 1.165) is 6.20 Å². The monoisotopic (exact) mass is 448 g/mol. The van der Waals surface area contributed by atoms with Crippen molar-refractivity contribution in [3.63, 3.8) is 0 Å². The lowest BCUT2D eigenvalue weighted by atomic mass is 10.1. The zero-order chi connectivity index (χ0) is 23.2. The van der Waals surface area contributed by atoms with Gasteiger partial charge < -0.3 is 15.3 Å². The minimum absolute atomic E-state index is 0.138. The van der Waals surface area contributed by atoms with Gasteiger partial charge in [0.05, 0.1) is 0 Å². The summed E-state index contributed by atoms with van der Waals surface area (Å²) in [5, 5.41) is 14.4. The SMILES string of the molecule is C[C@@H]1CC=CCN2CN1n1cc(C(=O)NCc3c(F)cc(F)cc3F)c(=O)c(O)c1C2=O. The fourth-order valence-corrected chi connectivity index (χ4v) is 3.72. The van der Waals surface area contributed by atoms with Crippen molar-refractivity contribution in [3.05, 3.63) is 75.0 Å². The van der Waals surface area contributed by atoms with Crippen LogP contribution in [0.1, 0.15) is 39.8 Å². The summed E-state index contributed by atoms with van der Waals surface area (Å²) < 4.78 is 42.0. The topological polar surface area (TPSA) is 94.9 Å². The highest BCUT2D eigenvalue weighted by molar-refractivity contribution is 5.99. The van der Waals surface area contributed by atoms with Crippen LogP contribution in [-0.4, -0.2) is 45.8 Å². The Morgan fingerprint density at radius 1 is 1.19 bits per heavy atom. The number of aromatic hydroxyl groups is 1. The third kappa shape index (κ3) is 3.59. The molecule has 0 spiro atoms. The van der Waals surface area contributed by atoms with E-state index in [4.69, 9.17) is 0 Å². The molecule has 32 heavy (non-hydrogen) atoms. The van der Waals surface area contributed by atoms with Crippen LogP contribution in [-0.2, 0) is 6.54 Å². The van der Waals surface area contributed by atoms with E-state index < -0.39 is 58.1 Å². The Labute approximate surface area is 180 Å². The molecule has 1 atom stereocenters. The van der Waals surface area contributed by atoms with Gasteiger partial charge in [-0.1, -0.05) is 12.2 Å². The van der Waals surface area contributed by atoms with Gasteiger partial charge >= 0.3 is 0 Å². The number of nitrogens with zero attached hydrogens (tertiary/aromatic N) is 3. The first-order valence-corrected chi connectivity index (χ1v) is 9.80. The van der Waals surface area contributed by atoms with Crippen molar-refractivity contribution in [3.8, 4) is 5.75 Å². The van der Waals surface area contributed by atoms with E-state index >= 15 is 0 Å². The van der Waals surface area contributed by atoms with Crippen LogP contribution in [0, 0.1) is 17.5 Å². The Hall–Kier alpha value is -3.76. The fourth-order valence-electron chi connectivity index (χ4n) is 3.72. The molecule has 0 unspecified atom stereocenters. The van der Waals surface area contributed by atoms with Crippen molar-refractivity contribution in [1.82, 2.24) is 14.9 Å². The molecule has 2 aliphatic heterocycles. The zero-order valence-corrected chi connectivity index (χ0v) is 16.9. The second kappa shape index (κ2) is 8.06. The highest BCUT2D eigenvalue weighted by atomic mass is 19.1. The summed E-state index contributed by atoms with van der Waals surface area (Å²) in [6.07, 6.45) is 5.48. The van der Waals surface area contributed by atoms with Crippen molar-refractivity contribution in [2.45, 2.75) is 25.9 Å². The predicted molar refractivity (Wildman–Crippen MR) is 107 cm³/mol. The van der Waals surface area contributed by atoms with E-state index in [1.165, 1.54) is 9.58 Å². The van der Waals surface area contributed by atoms with Gasteiger partial charge in [0, 0.05) is 43.0 Å². The summed E-state index contributed by atoms with van der Waals surface area (Å²) in [5.41, 5.74) is -2.46. The van der Waals surface area contributed by atoms with E-state index in [2.05, 4.69) is 5.32 Å². The van der Waals surface area contributed by atoms with Crippen LogP contribution in [0.3, 0.4) is 0 Å². The third-order valence-corrected chi connectivity index (χ3v) is 5.50. The number of benzene rings is 1. The first-order chi connectivity index (χ1) is 15.2. The molecule has 2 amide bonds. The third-order valence-electron chi connectivity index (χ3n) is 5.50. The van der Waals surface area contributed by atoms with Crippen molar-refractivity contribution in [1.29, 1.82) is 0 Å². The molecule has 2 aromatic rings. The van der Waals surface area contributed by atoms with Gasteiger partial charge in [0.25, 0.3) is 11.8 Å². The molecular formula is C21H19F3N4O4. The van der Waals surface area contributed by atoms with Gasteiger partial charge in [-0.2, -0.15) is 0 Å². The number of carbonyl (C=O) groups excluding carboxylic acids is 2. The Kier molecular flexibility index (Phi) is 5.41. The minimum atomic E-state index is -1.19. The average Bonchev–Trinajstić information content (AvgIpc) is 2.72. The highest BCUT2D eigenvalue weighted by Gasteiger charge is 2.36. The van der Waals surface area contributed by atoms with Gasteiger partial charge in [-0.25, -0.2) is 13.2 Å². The molecule has 2 bridgehead atoms. The first kappa shape index (κ1) is 21.5. The van der Waals surface area contributed by atoms with Crippen LogP contribution in [0.2, 0.25) is 0 Å². The Morgan fingerprint density at radius 3 is 2.56 bits per heavy atom. The molecule has 0 radical (unpaired) electrons. The zero-order valence-electron chi connectivity index (χ0n) is 16.9. The highest BCUT2D eigenvalue weighted by Crippen LogP contribution is 2.24. The molecule has 3 heterocycles. The molecule has 0 saturated carbocycles. The van der Waals surface area contributed by atoms with Crippen LogP contribution in [0.4, 0.5) is 13.2 Å². The van der Waals surface area contributed by atoms with Crippen LogP contribution in [0.5, 0.6) is 5.75 Å². The van der Waals surface area contributed by atoms with Gasteiger partial charge in [0.2, 0.25) is 5.43 Å². The van der Waals surface area contributed by atoms with Gasteiger partial charge in [0.15, 0.2) is 11.4 Å². The van der Waals surface area contributed by atoms with Gasteiger partial charge in [-0.15, -0.1) is 0 Å². The van der Waals surface area contributed by atoms with Gasteiger partial charge in [-0.05, 0) is 13.3 Å². The maximum absolute atomic E-state index is 13.8. The Morgan fingerprint density at radius 2 is 1.88 bits per heavy atom. The van der Waals surface area contributed by atoms with Crippen molar-refractivity contribution < 1.29 is 27.9 Å². The number of halogens is 3. The molecule has 11 heteroatoms. The van der Waals surface area contributed by atoms with E-state index in [0.29, 0.717) is 25.1 Å². The van der Waals surface area contributed by atoms with E-state index in [9.17, 15) is 32.7 Å². The molecule has 8 nitrogen and oxygen atoms in total. The second-order valence-electron chi connectivity index (χ2n) is 7.61. The van der Waals surface area contributed by atoms with Crippen molar-refractivity contribution in [2.24, 2.45) is 0 Å². The summed E-state index contributed by atoms with van der Waals surface area (Å²) in [5.74, 6) is -5.98. The number of aromatic nitrogens is 1. The summed E-state index contributed by atoms with van der Waals surface area (Å²) in [6, 6.07) is 0.805. The molecule has 0 fully saturated rings. The number of fused-ring (bicyclic) bond motifs is 4. The normalized spacial score (nSPS) is 17.6. The number of hydrogen-bond donors (Lipinski definition) is 2. The Bertz CT molecular complexity index is 1190. The fraction of sp³-hybridized carbons (Fsp3) is 0.286. The van der Waals surface area contributed by atoms with Crippen LogP contribution < -0.4 is 15.8 Å². The van der Waals surface area contributed by atoms with Gasteiger partial charge in [-0.3, -0.25) is 24.1 Å². The van der Waals surface area contributed by atoms with Crippen molar-refractivity contribution in [2.75, 3.05) is 18.2 Å². The Balaban J connectivity index is 1.70. The summed E-state index contributed by atoms with van der Waals surface area (Å²) in [6.45, 7) is 1.69. The number of rotatable bonds is 3. The molecule has 4 rings (SSSR count). The van der Waals surface area contributed by atoms with E-state index in [1.54, 1.807) is 5.01 Å². The second-order valence-corrected chi connectivity index (χ2v) is 7.61. The lowest BCUT2D eigenvalue weighted by Gasteiger charge is -2.43. The molecule has 1 aromatic carbocycles. The molecule has 0 saturated heterocycles. The minimum Gasteiger partial charge on any atom is -0.502 e. The lowest BCUT2D eigenvalue weighted by Crippen LogP contribution is -2.58. The maximum atomic E-state index is 13.8. The summed E-state index contributed by atoms with van der Waals surface area (Å²) in [7, 11) is 0. The molecule has 168 valence electrons. The number of hydrogen-bond acceptors (Lipinski definition) is 5. The molecular weight excluding hydrogens is 429 g/mol. The molecule has 0 aliphatic carbocycles. The van der Waals surface area contributed by atoms with Crippen LogP contribution >= 0.6 is 0 Å².